The van der Waals surface area contributed by atoms with Crippen molar-refractivity contribution in [2.45, 2.75) is 51.6 Å². The summed E-state index contributed by atoms with van der Waals surface area (Å²) in [4.78, 5) is 5.26. The van der Waals surface area contributed by atoms with Crippen LogP contribution >= 0.6 is 0 Å². The van der Waals surface area contributed by atoms with E-state index in [1.54, 1.807) is 0 Å². The van der Waals surface area contributed by atoms with Gasteiger partial charge in [-0.3, -0.25) is 0 Å². The lowest BCUT2D eigenvalue weighted by Gasteiger charge is -2.32. The molecule has 0 aliphatic carbocycles. The van der Waals surface area contributed by atoms with Gasteiger partial charge in [-0.2, -0.15) is 0 Å². The summed E-state index contributed by atoms with van der Waals surface area (Å²) < 4.78 is 2.58. The first kappa shape index (κ1) is 17.7. The molecular weight excluding hydrogens is 344 g/mol. The maximum atomic E-state index is 5.26. The fourth-order valence-electron chi connectivity index (χ4n) is 5.01. The molecule has 0 amide bonds. The molecule has 28 heavy (non-hydrogen) atoms. The summed E-state index contributed by atoms with van der Waals surface area (Å²) in [6, 6.07) is 16.4. The second kappa shape index (κ2) is 7.25. The molecular formula is C24H30N4. The van der Waals surface area contributed by atoms with Crippen molar-refractivity contribution in [1.29, 1.82) is 0 Å². The average molecular weight is 375 g/mol. The molecule has 1 aromatic heterocycles. The number of rotatable bonds is 3. The van der Waals surface area contributed by atoms with Gasteiger partial charge in [0.25, 0.3) is 0 Å². The Labute approximate surface area is 167 Å². The molecule has 0 bridgehead atoms. The van der Waals surface area contributed by atoms with E-state index in [-0.39, 0.29) is 0 Å². The molecule has 0 saturated carbocycles. The van der Waals surface area contributed by atoms with Gasteiger partial charge in [0, 0.05) is 29.8 Å². The van der Waals surface area contributed by atoms with Gasteiger partial charge in [0.05, 0.1) is 11.0 Å². The number of anilines is 1. The van der Waals surface area contributed by atoms with E-state index in [1.165, 1.54) is 46.5 Å². The van der Waals surface area contributed by atoms with Crippen molar-refractivity contribution in [1.82, 2.24) is 14.9 Å². The third kappa shape index (κ3) is 3.10. The Balaban J connectivity index is 1.66. The number of aromatic nitrogens is 2. The normalized spacial score (nSPS) is 24.7. The van der Waals surface area contributed by atoms with Gasteiger partial charge in [-0.15, -0.1) is 0 Å². The van der Waals surface area contributed by atoms with Crippen LogP contribution in [-0.2, 0) is 12.8 Å². The van der Waals surface area contributed by atoms with Gasteiger partial charge < -0.3 is 15.2 Å². The lowest BCUT2D eigenvalue weighted by molar-refractivity contribution is 0.274. The SMILES string of the molecule is CC1CNCCC1n1c(Cc2ccccc2)nc2c3c(ccc21)N[C@@H](C)CC3. The largest absolute Gasteiger partial charge is 0.382 e. The standard InChI is InChI=1S/C24H30N4/c1-16-15-25-13-12-21(16)28-22-11-10-20-19(9-8-17(2)26-20)24(22)27-23(28)14-18-6-4-3-5-7-18/h3-7,10-11,16-17,21,25-26H,8-9,12-15H2,1-2H3/t16?,17-,21?/m0/s1. The van der Waals surface area contributed by atoms with Crippen LogP contribution in [0.4, 0.5) is 5.69 Å². The fraction of sp³-hybridized carbons (Fsp3) is 0.458. The number of piperidine rings is 1. The molecule has 5 rings (SSSR count). The first-order valence-electron chi connectivity index (χ1n) is 10.7. The molecule has 2 aromatic carbocycles. The van der Waals surface area contributed by atoms with E-state index in [9.17, 15) is 0 Å². The molecule has 4 nitrogen and oxygen atoms in total. The zero-order valence-corrected chi connectivity index (χ0v) is 16.9. The molecule has 2 unspecified atom stereocenters. The molecule has 2 aliphatic rings. The van der Waals surface area contributed by atoms with E-state index in [0.29, 0.717) is 18.0 Å². The molecule has 3 heterocycles. The minimum absolute atomic E-state index is 0.512. The van der Waals surface area contributed by atoms with E-state index in [1.807, 2.05) is 0 Å². The molecule has 1 saturated heterocycles. The summed E-state index contributed by atoms with van der Waals surface area (Å²) in [5.74, 6) is 1.82. The Hall–Kier alpha value is -2.33. The minimum atomic E-state index is 0.512. The van der Waals surface area contributed by atoms with E-state index in [4.69, 9.17) is 4.98 Å². The van der Waals surface area contributed by atoms with Crippen molar-refractivity contribution in [3.05, 3.63) is 59.4 Å². The Morgan fingerprint density at radius 1 is 1.07 bits per heavy atom. The number of hydrogen-bond donors (Lipinski definition) is 2. The molecule has 146 valence electrons. The fourth-order valence-corrected chi connectivity index (χ4v) is 5.01. The highest BCUT2D eigenvalue weighted by molar-refractivity contribution is 5.86. The predicted octanol–water partition coefficient (Wildman–Crippen LogP) is 4.54. The summed E-state index contributed by atoms with van der Waals surface area (Å²) in [5, 5.41) is 7.21. The molecule has 0 spiro atoms. The predicted molar refractivity (Wildman–Crippen MR) is 116 cm³/mol. The van der Waals surface area contributed by atoms with Crippen LogP contribution in [0.1, 0.15) is 49.7 Å². The quantitative estimate of drug-likeness (QED) is 0.707. The van der Waals surface area contributed by atoms with E-state index < -0.39 is 0 Å². The lowest BCUT2D eigenvalue weighted by Crippen LogP contribution is -2.37. The van der Waals surface area contributed by atoms with Gasteiger partial charge in [0.15, 0.2) is 0 Å². The van der Waals surface area contributed by atoms with Crippen LogP contribution in [0, 0.1) is 5.92 Å². The maximum absolute atomic E-state index is 5.26. The van der Waals surface area contributed by atoms with Gasteiger partial charge in [0.1, 0.15) is 5.82 Å². The number of benzene rings is 2. The number of fused-ring (bicyclic) bond motifs is 3. The monoisotopic (exact) mass is 374 g/mol. The van der Waals surface area contributed by atoms with Crippen LogP contribution in [0.2, 0.25) is 0 Å². The van der Waals surface area contributed by atoms with Crippen molar-refractivity contribution in [2.75, 3.05) is 18.4 Å². The second-order valence-corrected chi connectivity index (χ2v) is 8.64. The summed E-state index contributed by atoms with van der Waals surface area (Å²) >= 11 is 0. The van der Waals surface area contributed by atoms with Crippen LogP contribution < -0.4 is 10.6 Å². The van der Waals surface area contributed by atoms with E-state index in [0.717, 1.165) is 25.9 Å². The van der Waals surface area contributed by atoms with Gasteiger partial charge >= 0.3 is 0 Å². The Morgan fingerprint density at radius 2 is 1.93 bits per heavy atom. The minimum Gasteiger partial charge on any atom is -0.382 e. The average Bonchev–Trinajstić information content (AvgIpc) is 3.07. The summed E-state index contributed by atoms with van der Waals surface area (Å²) in [6.07, 6.45) is 4.35. The van der Waals surface area contributed by atoms with Gasteiger partial charge in [0.2, 0.25) is 0 Å². The zero-order chi connectivity index (χ0) is 19.1. The molecule has 0 radical (unpaired) electrons. The number of nitrogens with zero attached hydrogens (tertiary/aromatic N) is 2. The van der Waals surface area contributed by atoms with Crippen molar-refractivity contribution < 1.29 is 0 Å². The van der Waals surface area contributed by atoms with E-state index >= 15 is 0 Å². The van der Waals surface area contributed by atoms with E-state index in [2.05, 4.69) is 71.5 Å². The van der Waals surface area contributed by atoms with Crippen LogP contribution in [0.3, 0.4) is 0 Å². The molecule has 2 N–H and O–H groups in total. The van der Waals surface area contributed by atoms with Crippen molar-refractivity contribution >= 4 is 16.7 Å². The Morgan fingerprint density at radius 3 is 2.75 bits per heavy atom. The van der Waals surface area contributed by atoms with Crippen LogP contribution in [0.25, 0.3) is 11.0 Å². The first-order valence-corrected chi connectivity index (χ1v) is 10.7. The summed E-state index contributed by atoms with van der Waals surface area (Å²) in [5.41, 5.74) is 6.56. The highest BCUT2D eigenvalue weighted by Crippen LogP contribution is 2.36. The van der Waals surface area contributed by atoms with Gasteiger partial charge in [-0.1, -0.05) is 37.3 Å². The highest BCUT2D eigenvalue weighted by atomic mass is 15.1. The topological polar surface area (TPSA) is 41.9 Å². The smallest absolute Gasteiger partial charge is 0.114 e. The Kier molecular flexibility index (Phi) is 4.59. The van der Waals surface area contributed by atoms with Crippen molar-refractivity contribution in [3.63, 3.8) is 0 Å². The third-order valence-corrected chi connectivity index (χ3v) is 6.55. The molecule has 3 aromatic rings. The molecule has 2 aliphatic heterocycles. The lowest BCUT2D eigenvalue weighted by atomic mass is 9.94. The highest BCUT2D eigenvalue weighted by Gasteiger charge is 2.28. The van der Waals surface area contributed by atoms with Crippen molar-refractivity contribution in [2.24, 2.45) is 5.92 Å². The van der Waals surface area contributed by atoms with Crippen molar-refractivity contribution in [3.8, 4) is 0 Å². The molecule has 3 atom stereocenters. The van der Waals surface area contributed by atoms with Gasteiger partial charge in [-0.05, 0) is 62.9 Å². The summed E-state index contributed by atoms with van der Waals surface area (Å²) in [7, 11) is 0. The Bertz CT molecular complexity index is 975. The van der Waals surface area contributed by atoms with Gasteiger partial charge in [-0.25, -0.2) is 4.98 Å². The third-order valence-electron chi connectivity index (χ3n) is 6.55. The zero-order valence-electron chi connectivity index (χ0n) is 16.9. The van der Waals surface area contributed by atoms with Crippen LogP contribution in [-0.4, -0.2) is 28.7 Å². The number of hydrogen-bond acceptors (Lipinski definition) is 3. The summed E-state index contributed by atoms with van der Waals surface area (Å²) in [6.45, 7) is 6.81. The number of aryl methyl sites for hydroxylation is 1. The molecule has 4 heteroatoms. The maximum Gasteiger partial charge on any atom is 0.114 e. The van der Waals surface area contributed by atoms with Crippen LogP contribution in [0.15, 0.2) is 42.5 Å². The number of imidazole rings is 1. The molecule has 1 fully saturated rings. The second-order valence-electron chi connectivity index (χ2n) is 8.64. The van der Waals surface area contributed by atoms with Crippen LogP contribution in [0.5, 0.6) is 0 Å². The first-order chi connectivity index (χ1) is 13.7. The number of nitrogens with one attached hydrogen (secondary N) is 2.